The second-order valence-corrected chi connectivity index (χ2v) is 29.8. The van der Waals surface area contributed by atoms with Crippen LogP contribution in [0, 0.1) is 16.7 Å². The summed E-state index contributed by atoms with van der Waals surface area (Å²) < 4.78 is 31.7. The molecule has 12 atom stereocenters. The number of rotatable bonds is 54. The molecule has 35 N–H and O–H groups in total. The van der Waals surface area contributed by atoms with Crippen LogP contribution in [0.2, 0.25) is 0 Å². The Hall–Kier alpha value is -12.5. The molecule has 5 aromatic rings. The van der Waals surface area contributed by atoms with Gasteiger partial charge in [0.2, 0.25) is 76.8 Å². The fraction of sp³-hybridized carbons (Fsp3) is 0.519. The van der Waals surface area contributed by atoms with Gasteiger partial charge in [-0.3, -0.25) is 73.1 Å². The molecule has 0 spiro atoms. The maximum absolute atomic E-state index is 15.1. The van der Waals surface area contributed by atoms with Gasteiger partial charge < -0.3 is 135 Å². The second kappa shape index (κ2) is 53.3. The fourth-order valence-electron chi connectivity index (χ4n) is 12.8. The van der Waals surface area contributed by atoms with Crippen LogP contribution in [0.4, 0.5) is 13.2 Å². The van der Waals surface area contributed by atoms with Crippen LogP contribution in [0.5, 0.6) is 0 Å². The van der Waals surface area contributed by atoms with Crippen molar-refractivity contribution in [2.75, 3.05) is 39.3 Å². The topological polar surface area (TPSA) is 723 Å². The van der Waals surface area contributed by atoms with Crippen molar-refractivity contribution in [3.05, 3.63) is 108 Å². The molecular formula is C79H120F3N25O16. The van der Waals surface area contributed by atoms with Gasteiger partial charge in [0.1, 0.15) is 66.5 Å². The van der Waals surface area contributed by atoms with Gasteiger partial charge in [-0.2, -0.15) is 13.2 Å². The van der Waals surface area contributed by atoms with Crippen molar-refractivity contribution < 1.29 is 90.5 Å². The van der Waals surface area contributed by atoms with Crippen molar-refractivity contribution >= 4 is 116 Å². The maximum Gasteiger partial charge on any atom is 0.490 e. The average molecular weight is 1730 g/mol. The number of halogens is 3. The van der Waals surface area contributed by atoms with Gasteiger partial charge in [0.25, 0.3) is 0 Å². The van der Waals surface area contributed by atoms with E-state index >= 15 is 9.59 Å². The molecule has 44 heteroatoms. The van der Waals surface area contributed by atoms with Gasteiger partial charge in [0, 0.05) is 60.1 Å². The van der Waals surface area contributed by atoms with E-state index in [1.807, 2.05) is 6.07 Å². The third-order valence-corrected chi connectivity index (χ3v) is 19.3. The van der Waals surface area contributed by atoms with Gasteiger partial charge in [-0.25, -0.2) is 4.79 Å². The Balaban J connectivity index is 0.00000433. The van der Waals surface area contributed by atoms with Crippen molar-refractivity contribution in [1.82, 2.24) is 79.1 Å². The molecule has 0 aliphatic heterocycles. The monoisotopic (exact) mass is 1730 g/mol. The predicted octanol–water partition coefficient (Wildman–Crippen LogP) is -3.70. The van der Waals surface area contributed by atoms with E-state index in [0.717, 1.165) is 5.56 Å². The van der Waals surface area contributed by atoms with Gasteiger partial charge in [-0.1, -0.05) is 80.6 Å². The molecule has 13 amide bonds. The molecule has 0 saturated heterocycles. The number of hydrogen-bond donors (Lipinski definition) is 27. The fourth-order valence-corrected chi connectivity index (χ4v) is 12.8. The number of guanidine groups is 2. The van der Waals surface area contributed by atoms with Crippen molar-refractivity contribution in [2.45, 2.75) is 215 Å². The summed E-state index contributed by atoms with van der Waals surface area (Å²) in [5.74, 6) is -15.6. The first-order chi connectivity index (χ1) is 58.3. The zero-order valence-corrected chi connectivity index (χ0v) is 69.0. The smallest absolute Gasteiger partial charge is 0.475 e. The van der Waals surface area contributed by atoms with Crippen molar-refractivity contribution in [1.29, 1.82) is 10.8 Å². The molecule has 0 aliphatic carbocycles. The molecule has 678 valence electrons. The summed E-state index contributed by atoms with van der Waals surface area (Å²) in [7, 11) is 0. The molecule has 0 bridgehead atoms. The van der Waals surface area contributed by atoms with Crippen LogP contribution in [-0.2, 0) is 86.4 Å². The van der Waals surface area contributed by atoms with E-state index in [1.54, 1.807) is 99.0 Å². The number of carbonyl (C=O) groups excluding carboxylic acids is 13. The highest BCUT2D eigenvalue weighted by molar-refractivity contribution is 6.01. The Kier molecular flexibility index (Phi) is 44.5. The number of carboxylic acids is 1. The number of nitrogens with one attached hydrogen (secondary N) is 17. The summed E-state index contributed by atoms with van der Waals surface area (Å²) in [6, 6.07) is 5.81. The molecule has 41 nitrogen and oxygen atoms in total. The first-order valence-electron chi connectivity index (χ1n) is 40.3. The van der Waals surface area contributed by atoms with E-state index in [9.17, 15) is 71.0 Å². The quantitative estimate of drug-likeness (QED) is 0.0101. The summed E-state index contributed by atoms with van der Waals surface area (Å²) in [6.07, 6.45) is -0.853. The number of para-hydroxylation sites is 2. The number of H-pyrrole nitrogens is 2. The molecule has 2 aromatic heterocycles. The number of unbranched alkanes of at least 4 members (excludes halogenated alkanes) is 3. The third kappa shape index (κ3) is 37.1. The first kappa shape index (κ1) is 103. The number of nitrogens with two attached hydrogens (primary N) is 8. The summed E-state index contributed by atoms with van der Waals surface area (Å²) in [5.41, 5.74) is 49.3. The zero-order valence-electron chi connectivity index (χ0n) is 69.0. The number of aliphatic hydroxyl groups is 1. The van der Waals surface area contributed by atoms with E-state index in [-0.39, 0.29) is 134 Å². The number of hydrogen-bond acceptors (Lipinski definition) is 21. The number of fused-ring (bicyclic) bond motifs is 2. The molecule has 0 unspecified atom stereocenters. The lowest BCUT2D eigenvalue weighted by Gasteiger charge is -2.28. The Morgan fingerprint density at radius 1 is 0.415 bits per heavy atom. The van der Waals surface area contributed by atoms with Crippen LogP contribution in [0.3, 0.4) is 0 Å². The summed E-state index contributed by atoms with van der Waals surface area (Å²) in [6.45, 7) is 4.75. The normalized spacial score (nSPS) is 14.1. The number of aromatic nitrogens is 2. The third-order valence-electron chi connectivity index (χ3n) is 19.3. The van der Waals surface area contributed by atoms with E-state index < -0.39 is 174 Å². The summed E-state index contributed by atoms with van der Waals surface area (Å²) >= 11 is 0. The number of carbonyl (C=O) groups is 14. The first-order valence-corrected chi connectivity index (χ1v) is 40.3. The predicted molar refractivity (Wildman–Crippen MR) is 449 cm³/mol. The van der Waals surface area contributed by atoms with Gasteiger partial charge in [-0.15, -0.1) is 0 Å². The van der Waals surface area contributed by atoms with Gasteiger partial charge in [0.05, 0.1) is 19.1 Å². The van der Waals surface area contributed by atoms with Crippen LogP contribution in [-0.4, -0.2) is 233 Å². The highest BCUT2D eigenvalue weighted by Gasteiger charge is 2.40. The number of amides is 13. The van der Waals surface area contributed by atoms with Crippen molar-refractivity contribution in [3.8, 4) is 0 Å². The van der Waals surface area contributed by atoms with E-state index in [1.165, 1.54) is 6.92 Å². The average Bonchev–Trinajstić information content (AvgIpc) is 1.58. The minimum Gasteiger partial charge on any atom is -0.475 e. The standard InChI is InChI=1S/C77H119N25O14.C2HF3O2/c1-43(2)35-58(72(113)102-62(42-103)75(116)93-53(64(83)105)28-17-33-88-76(84)85)98-65(106)44(3)92-71(112)59(37-46-40-90-51-23-9-7-21-48(46)51)99-70(111)56(27-13-16-32-80)97-74(115)61(39-63(82)104)101-73(114)60(38-47-41-91-52-24-10-8-22-49(47)52)100-69(110)55(26-12-15-31-79)96-67(108)54(25-11-14-30-78)95-68(109)57(29-18-34-89-77(86)87)94-66(107)50(81)36-45-19-5-4-6-20-45;3-2(4,5)1(6)7/h4-10,19-24,40-41,43-44,50,53-62,90-91,103H,11-18,25-39,42,78-81H2,1-3H3,(H2,82,104)(H2,83,105)(H,92,112)(H,93,116)(H,94,107)(H,95,109)(H,96,108)(H,97,115)(H,98,106)(H,99,111)(H,100,110)(H,101,114)(H,102,113)(H4,84,85,88)(H4,86,87,89);(H,6,7)/t44-,50-,53-,54-,55-,56-,57-,58-,59-,60-,61-,62-;/m0./s1. The highest BCUT2D eigenvalue weighted by atomic mass is 19.4. The number of carboxylic acid groups (broad SMARTS) is 1. The minimum absolute atomic E-state index is 0.00826. The minimum atomic E-state index is -5.08. The maximum atomic E-state index is 15.1. The number of aliphatic carboxylic acids is 1. The molecule has 3 aromatic carbocycles. The molecule has 0 fully saturated rings. The Morgan fingerprint density at radius 3 is 1.15 bits per heavy atom. The summed E-state index contributed by atoms with van der Waals surface area (Å²) in [5, 5.41) is 67.8. The molecule has 0 radical (unpaired) electrons. The van der Waals surface area contributed by atoms with Crippen LogP contribution in [0.25, 0.3) is 21.8 Å². The molecule has 0 aliphatic rings. The largest absolute Gasteiger partial charge is 0.490 e. The molecule has 0 saturated carbocycles. The highest BCUT2D eigenvalue weighted by Crippen LogP contribution is 2.23. The number of aliphatic hydroxyl groups excluding tert-OH is 1. The van der Waals surface area contributed by atoms with Gasteiger partial charge >= 0.3 is 12.1 Å². The van der Waals surface area contributed by atoms with Crippen LogP contribution < -0.4 is 115 Å². The summed E-state index contributed by atoms with van der Waals surface area (Å²) in [4.78, 5) is 199. The molecule has 123 heavy (non-hydrogen) atoms. The van der Waals surface area contributed by atoms with Crippen LogP contribution in [0.1, 0.15) is 134 Å². The van der Waals surface area contributed by atoms with Crippen LogP contribution >= 0.6 is 0 Å². The SMILES string of the molecule is CC(C)C[C@H](NC(=O)[C@H](C)NC(=O)[C@H](Cc1c[nH]c2ccccc12)NC(=O)[C@H](CCCCN)NC(=O)[C@H](CC(N)=O)NC(=O)[C@H](Cc1c[nH]c2ccccc12)NC(=O)[C@H](CCCCN)NC(=O)[C@H](CCCCN)NC(=O)[C@H](CCCNC(=N)N)NC(=O)[C@@H](N)Cc1ccccc1)C(=O)N[C@@H](CO)C(=O)N[C@@H](CCCNC(=N)N)C(N)=O.O=C(O)C(F)(F)F. The molecule has 5 rings (SSSR count). The van der Waals surface area contributed by atoms with Crippen LogP contribution in [0.15, 0.2) is 91.3 Å². The number of primary amides is 2. The zero-order chi connectivity index (χ0) is 91.5. The van der Waals surface area contributed by atoms with Gasteiger partial charge in [-0.05, 0) is 158 Å². The van der Waals surface area contributed by atoms with E-state index in [0.29, 0.717) is 58.6 Å². The molecular weight excluding hydrogens is 1610 g/mol. The van der Waals surface area contributed by atoms with Crippen molar-refractivity contribution in [2.24, 2.45) is 51.8 Å². The Bertz CT molecular complexity index is 4340. The Morgan fingerprint density at radius 2 is 0.748 bits per heavy atom. The van der Waals surface area contributed by atoms with E-state index in [4.69, 9.17) is 66.6 Å². The second-order valence-electron chi connectivity index (χ2n) is 29.8. The number of benzene rings is 3. The lowest BCUT2D eigenvalue weighted by molar-refractivity contribution is -0.192. The lowest BCUT2D eigenvalue weighted by Crippen LogP contribution is -2.61. The lowest BCUT2D eigenvalue weighted by atomic mass is 10.0. The Labute approximate surface area is 708 Å². The number of alkyl halides is 3. The number of aromatic amines is 2. The van der Waals surface area contributed by atoms with Gasteiger partial charge in [0.15, 0.2) is 11.9 Å². The molecule has 2 heterocycles. The van der Waals surface area contributed by atoms with E-state index in [2.05, 4.69) is 79.1 Å². The van der Waals surface area contributed by atoms with Crippen molar-refractivity contribution in [3.63, 3.8) is 0 Å².